The number of anilines is 1. The highest BCUT2D eigenvalue weighted by molar-refractivity contribution is 7.18. The van der Waals surface area contributed by atoms with Crippen LogP contribution in [0.25, 0.3) is 10.6 Å². The molecule has 0 radical (unpaired) electrons. The van der Waals surface area contributed by atoms with Crippen LogP contribution in [0.15, 0.2) is 10.9 Å². The van der Waals surface area contributed by atoms with Gasteiger partial charge in [-0.25, -0.2) is 0 Å². The Kier molecular flexibility index (Phi) is 3.33. The van der Waals surface area contributed by atoms with Gasteiger partial charge in [0.15, 0.2) is 5.01 Å². The summed E-state index contributed by atoms with van der Waals surface area (Å²) in [4.78, 5) is 12.9. The summed E-state index contributed by atoms with van der Waals surface area (Å²) < 4.78 is 1.94. The topological polar surface area (TPSA) is 73.8 Å². The van der Waals surface area contributed by atoms with Crippen LogP contribution in [0.3, 0.4) is 0 Å². The zero-order chi connectivity index (χ0) is 14.3. The molecule has 106 valence electrons. The van der Waals surface area contributed by atoms with E-state index in [1.165, 1.54) is 24.2 Å². The van der Waals surface area contributed by atoms with Crippen molar-refractivity contribution in [1.29, 1.82) is 0 Å². The predicted octanol–water partition coefficient (Wildman–Crippen LogP) is 2.68. The lowest BCUT2D eigenvalue weighted by molar-refractivity contribution is 0.491. The average Bonchev–Trinajstić information content (AvgIpc) is 3.01. The van der Waals surface area contributed by atoms with Gasteiger partial charge >= 0.3 is 0 Å². The van der Waals surface area contributed by atoms with Crippen LogP contribution < -0.4 is 11.3 Å². The van der Waals surface area contributed by atoms with Gasteiger partial charge in [0, 0.05) is 11.7 Å². The molecule has 0 aliphatic heterocycles. The first-order valence-corrected chi connectivity index (χ1v) is 7.71. The van der Waals surface area contributed by atoms with E-state index >= 15 is 0 Å². The molecule has 1 aliphatic carbocycles. The highest BCUT2D eigenvalue weighted by atomic mass is 32.1. The molecule has 0 spiro atoms. The number of aromatic nitrogens is 3. The van der Waals surface area contributed by atoms with Gasteiger partial charge in [0.1, 0.15) is 0 Å². The molecule has 2 aromatic heterocycles. The average molecular weight is 290 g/mol. The van der Waals surface area contributed by atoms with Crippen LogP contribution in [-0.2, 0) is 0 Å². The molecule has 1 fully saturated rings. The van der Waals surface area contributed by atoms with E-state index in [1.54, 1.807) is 0 Å². The summed E-state index contributed by atoms with van der Waals surface area (Å²) in [7, 11) is 0. The summed E-state index contributed by atoms with van der Waals surface area (Å²) in [6, 6.07) is 2.39. The zero-order valence-electron chi connectivity index (χ0n) is 11.7. The van der Waals surface area contributed by atoms with Gasteiger partial charge in [0.2, 0.25) is 5.13 Å². The van der Waals surface area contributed by atoms with E-state index in [-0.39, 0.29) is 5.56 Å². The second-order valence-corrected chi connectivity index (χ2v) is 6.41. The Balaban J connectivity index is 2.20. The fraction of sp³-hybridized carbons (Fsp3) is 0.500. The molecular formula is C14H18N4OS. The zero-order valence-corrected chi connectivity index (χ0v) is 12.5. The molecule has 6 heteroatoms. The molecule has 0 unspecified atom stereocenters. The monoisotopic (exact) mass is 290 g/mol. The Morgan fingerprint density at radius 2 is 2.00 bits per heavy atom. The van der Waals surface area contributed by atoms with Gasteiger partial charge in [-0.3, -0.25) is 4.79 Å². The standard InChI is InChI=1S/C14H18N4OS/c1-8-7-9(2)18(10-5-3-4-6-10)13(19)11(8)12-16-17-14(15)20-12/h7,10H,3-6H2,1-2H3,(H2,15,17). The van der Waals surface area contributed by atoms with Gasteiger partial charge in [-0.2, -0.15) is 0 Å². The van der Waals surface area contributed by atoms with Crippen molar-refractivity contribution in [3.63, 3.8) is 0 Å². The number of nitrogens with zero attached hydrogens (tertiary/aromatic N) is 3. The van der Waals surface area contributed by atoms with Crippen molar-refractivity contribution in [1.82, 2.24) is 14.8 Å². The molecule has 2 heterocycles. The maximum atomic E-state index is 12.9. The first-order valence-electron chi connectivity index (χ1n) is 6.90. The summed E-state index contributed by atoms with van der Waals surface area (Å²) in [6.45, 7) is 3.95. The smallest absolute Gasteiger partial charge is 0.261 e. The molecule has 1 aliphatic rings. The number of pyridine rings is 1. The first kappa shape index (κ1) is 13.3. The second-order valence-electron chi connectivity index (χ2n) is 5.40. The SMILES string of the molecule is Cc1cc(C)n(C2CCCC2)c(=O)c1-c1nnc(N)s1. The van der Waals surface area contributed by atoms with E-state index < -0.39 is 0 Å². The highest BCUT2D eigenvalue weighted by Gasteiger charge is 2.23. The lowest BCUT2D eigenvalue weighted by atomic mass is 10.1. The summed E-state index contributed by atoms with van der Waals surface area (Å²) in [5.41, 5.74) is 8.31. The molecule has 0 saturated heterocycles. The minimum absolute atomic E-state index is 0.0468. The normalized spacial score (nSPS) is 15.9. The van der Waals surface area contributed by atoms with Crippen molar-refractivity contribution in [2.75, 3.05) is 5.73 Å². The summed E-state index contributed by atoms with van der Waals surface area (Å²) in [5, 5.41) is 8.88. The minimum Gasteiger partial charge on any atom is -0.374 e. The fourth-order valence-corrected chi connectivity index (χ4v) is 3.83. The number of nitrogen functional groups attached to an aromatic ring is 1. The maximum absolute atomic E-state index is 12.9. The number of aryl methyl sites for hydroxylation is 2. The maximum Gasteiger partial charge on any atom is 0.261 e. The molecule has 2 N–H and O–H groups in total. The highest BCUT2D eigenvalue weighted by Crippen LogP contribution is 2.31. The lowest BCUT2D eigenvalue weighted by Crippen LogP contribution is -2.27. The first-order chi connectivity index (χ1) is 9.58. The molecule has 0 aromatic carbocycles. The number of nitrogens with two attached hydrogens (primary N) is 1. The summed E-state index contributed by atoms with van der Waals surface area (Å²) in [6.07, 6.45) is 4.57. The Labute approximate surface area is 121 Å². The molecule has 1 saturated carbocycles. The Bertz CT molecular complexity index is 698. The minimum atomic E-state index is 0.0468. The summed E-state index contributed by atoms with van der Waals surface area (Å²) >= 11 is 1.27. The largest absolute Gasteiger partial charge is 0.374 e. The van der Waals surface area contributed by atoms with Crippen LogP contribution in [-0.4, -0.2) is 14.8 Å². The van der Waals surface area contributed by atoms with E-state index in [0.717, 1.165) is 24.1 Å². The van der Waals surface area contributed by atoms with Crippen molar-refractivity contribution in [2.45, 2.75) is 45.6 Å². The van der Waals surface area contributed by atoms with Crippen molar-refractivity contribution in [3.05, 3.63) is 27.7 Å². The molecule has 3 rings (SSSR count). The van der Waals surface area contributed by atoms with Crippen LogP contribution in [0.4, 0.5) is 5.13 Å². The number of rotatable bonds is 2. The Morgan fingerprint density at radius 3 is 2.60 bits per heavy atom. The number of hydrogen-bond donors (Lipinski definition) is 1. The van der Waals surface area contributed by atoms with E-state index in [2.05, 4.69) is 16.3 Å². The van der Waals surface area contributed by atoms with Crippen molar-refractivity contribution < 1.29 is 0 Å². The van der Waals surface area contributed by atoms with Crippen LogP contribution in [0, 0.1) is 13.8 Å². The van der Waals surface area contributed by atoms with E-state index in [4.69, 9.17) is 5.73 Å². The Hall–Kier alpha value is -1.69. The molecule has 0 bridgehead atoms. The molecule has 20 heavy (non-hydrogen) atoms. The third-order valence-electron chi connectivity index (χ3n) is 3.98. The molecule has 0 amide bonds. The van der Waals surface area contributed by atoms with Crippen molar-refractivity contribution >= 4 is 16.5 Å². The van der Waals surface area contributed by atoms with Gasteiger partial charge in [-0.1, -0.05) is 24.2 Å². The fourth-order valence-electron chi connectivity index (χ4n) is 3.12. The lowest BCUT2D eigenvalue weighted by Gasteiger charge is -2.19. The van der Waals surface area contributed by atoms with Crippen LogP contribution in [0.1, 0.15) is 43.0 Å². The predicted molar refractivity (Wildman–Crippen MR) is 81.0 cm³/mol. The van der Waals surface area contributed by atoms with E-state index in [1.807, 2.05) is 18.4 Å². The quantitative estimate of drug-likeness (QED) is 0.922. The van der Waals surface area contributed by atoms with E-state index in [0.29, 0.717) is 21.7 Å². The van der Waals surface area contributed by atoms with Crippen molar-refractivity contribution in [3.8, 4) is 10.6 Å². The third-order valence-corrected chi connectivity index (χ3v) is 4.75. The van der Waals surface area contributed by atoms with Crippen LogP contribution >= 0.6 is 11.3 Å². The second kappa shape index (κ2) is 5.01. The molecular weight excluding hydrogens is 272 g/mol. The van der Waals surface area contributed by atoms with Gasteiger partial charge in [-0.05, 0) is 38.3 Å². The van der Waals surface area contributed by atoms with Crippen molar-refractivity contribution in [2.24, 2.45) is 0 Å². The van der Waals surface area contributed by atoms with Gasteiger partial charge in [0.25, 0.3) is 5.56 Å². The van der Waals surface area contributed by atoms with Gasteiger partial charge in [0.05, 0.1) is 5.56 Å². The third kappa shape index (κ3) is 2.14. The van der Waals surface area contributed by atoms with Gasteiger partial charge in [-0.15, -0.1) is 10.2 Å². The van der Waals surface area contributed by atoms with E-state index in [9.17, 15) is 4.79 Å². The van der Waals surface area contributed by atoms with Gasteiger partial charge < -0.3 is 10.3 Å². The molecule has 0 atom stereocenters. The Morgan fingerprint density at radius 1 is 1.30 bits per heavy atom. The van der Waals surface area contributed by atoms with Crippen LogP contribution in [0.2, 0.25) is 0 Å². The van der Waals surface area contributed by atoms with Crippen LogP contribution in [0.5, 0.6) is 0 Å². The molecule has 5 nitrogen and oxygen atoms in total. The summed E-state index contributed by atoms with van der Waals surface area (Å²) in [5.74, 6) is 0. The number of hydrogen-bond acceptors (Lipinski definition) is 5. The molecule has 2 aromatic rings.